The van der Waals surface area contributed by atoms with E-state index in [0.29, 0.717) is 17.9 Å². The van der Waals surface area contributed by atoms with Crippen LogP contribution in [0.3, 0.4) is 0 Å². The molecule has 0 aliphatic rings. The second kappa shape index (κ2) is 14.2. The zero-order chi connectivity index (χ0) is 15.9. The Kier molecular flexibility index (Phi) is 13.6. The van der Waals surface area contributed by atoms with Gasteiger partial charge in [-0.15, -0.1) is 0 Å². The first kappa shape index (κ1) is 20.2. The van der Waals surface area contributed by atoms with Gasteiger partial charge in [0.15, 0.2) is 0 Å². The van der Waals surface area contributed by atoms with Crippen LogP contribution in [0.4, 0.5) is 0 Å². The maximum atomic E-state index is 10.8. The van der Waals surface area contributed by atoms with E-state index in [2.05, 4.69) is 20.4 Å². The molecule has 1 atom stereocenters. The summed E-state index contributed by atoms with van der Waals surface area (Å²) in [5.74, 6) is -0.137. The van der Waals surface area contributed by atoms with Crippen molar-refractivity contribution in [3.8, 4) is 0 Å². The third-order valence-corrected chi connectivity index (χ3v) is 4.34. The van der Waals surface area contributed by atoms with Crippen molar-refractivity contribution >= 4 is 5.97 Å². The second-order valence-corrected chi connectivity index (χ2v) is 6.37. The lowest BCUT2D eigenvalue weighted by Gasteiger charge is -2.17. The zero-order valence-electron chi connectivity index (χ0n) is 14.3. The Bertz CT molecular complexity index is 271. The molecule has 0 aromatic heterocycles. The monoisotopic (exact) mass is 296 g/mol. The first-order valence-electron chi connectivity index (χ1n) is 9.02. The van der Waals surface area contributed by atoms with Gasteiger partial charge in [0, 0.05) is 5.57 Å². The molecule has 2 heteroatoms. The fourth-order valence-corrected chi connectivity index (χ4v) is 2.81. The lowest BCUT2D eigenvalue weighted by Crippen LogP contribution is -2.05. The third kappa shape index (κ3) is 12.6. The van der Waals surface area contributed by atoms with E-state index in [-0.39, 0.29) is 0 Å². The number of carbonyl (C=O) groups is 1. The van der Waals surface area contributed by atoms with E-state index in [1.807, 2.05) is 0 Å². The van der Waals surface area contributed by atoms with Crippen molar-refractivity contribution in [1.29, 1.82) is 0 Å². The molecule has 0 aliphatic heterocycles. The molecule has 0 saturated carbocycles. The van der Waals surface area contributed by atoms with E-state index in [1.54, 1.807) is 0 Å². The quantitative estimate of drug-likeness (QED) is 0.282. The maximum Gasteiger partial charge on any atom is 0.330 e. The molecule has 1 N–H and O–H groups in total. The van der Waals surface area contributed by atoms with Crippen molar-refractivity contribution < 1.29 is 9.90 Å². The number of hydrogen-bond donors (Lipinski definition) is 1. The molecule has 0 spiro atoms. The molecule has 2 nitrogen and oxygen atoms in total. The number of rotatable bonds is 15. The lowest BCUT2D eigenvalue weighted by atomic mass is 9.89. The van der Waals surface area contributed by atoms with Gasteiger partial charge in [-0.05, 0) is 18.8 Å². The van der Waals surface area contributed by atoms with Crippen LogP contribution in [0.25, 0.3) is 0 Å². The van der Waals surface area contributed by atoms with Gasteiger partial charge in [0.2, 0.25) is 0 Å². The van der Waals surface area contributed by atoms with Gasteiger partial charge < -0.3 is 5.11 Å². The van der Waals surface area contributed by atoms with E-state index in [1.165, 1.54) is 70.6 Å². The molecule has 124 valence electrons. The molecule has 21 heavy (non-hydrogen) atoms. The third-order valence-electron chi connectivity index (χ3n) is 4.34. The van der Waals surface area contributed by atoms with Crippen LogP contribution >= 0.6 is 0 Å². The van der Waals surface area contributed by atoms with Crippen LogP contribution < -0.4 is 0 Å². The SMILES string of the molecule is C=C(CCC(CCCCCC)CCCCCCC)C(=O)O. The molecular formula is C19H36O2. The molecular weight excluding hydrogens is 260 g/mol. The number of hydrogen-bond acceptors (Lipinski definition) is 1. The first-order valence-corrected chi connectivity index (χ1v) is 9.02. The molecule has 0 aromatic rings. The van der Waals surface area contributed by atoms with Crippen LogP contribution in [0, 0.1) is 5.92 Å². The summed E-state index contributed by atoms with van der Waals surface area (Å²) in [4.78, 5) is 10.8. The molecule has 0 rings (SSSR count). The Morgan fingerprint density at radius 3 is 1.81 bits per heavy atom. The Morgan fingerprint density at radius 1 is 0.857 bits per heavy atom. The first-order chi connectivity index (χ1) is 10.1. The Hall–Kier alpha value is -0.790. The lowest BCUT2D eigenvalue weighted by molar-refractivity contribution is -0.132. The highest BCUT2D eigenvalue weighted by atomic mass is 16.4. The van der Waals surface area contributed by atoms with Crippen LogP contribution in [0.1, 0.15) is 97.3 Å². The van der Waals surface area contributed by atoms with Crippen LogP contribution in [-0.4, -0.2) is 11.1 Å². The number of carboxylic acid groups (broad SMARTS) is 1. The van der Waals surface area contributed by atoms with Crippen molar-refractivity contribution in [3.63, 3.8) is 0 Å². The fraction of sp³-hybridized carbons (Fsp3) is 0.842. The standard InChI is InChI=1S/C19H36O2/c1-4-6-8-10-12-14-18(13-11-9-7-5-2)16-15-17(3)19(20)21/h18H,3-16H2,1-2H3,(H,20,21). The van der Waals surface area contributed by atoms with Crippen LogP contribution in [-0.2, 0) is 4.79 Å². The van der Waals surface area contributed by atoms with Gasteiger partial charge in [-0.25, -0.2) is 4.79 Å². The summed E-state index contributed by atoms with van der Waals surface area (Å²) in [7, 11) is 0. The molecule has 0 aliphatic carbocycles. The largest absolute Gasteiger partial charge is 0.478 e. The molecule has 0 bridgehead atoms. The molecule has 0 amide bonds. The van der Waals surface area contributed by atoms with Crippen molar-refractivity contribution in [1.82, 2.24) is 0 Å². The average Bonchev–Trinajstić information content (AvgIpc) is 2.47. The number of unbranched alkanes of at least 4 members (excludes halogenated alkanes) is 7. The summed E-state index contributed by atoms with van der Waals surface area (Å²) in [6.07, 6.45) is 16.0. The second-order valence-electron chi connectivity index (χ2n) is 6.37. The highest BCUT2D eigenvalue weighted by Gasteiger charge is 2.11. The van der Waals surface area contributed by atoms with Gasteiger partial charge in [-0.2, -0.15) is 0 Å². The van der Waals surface area contributed by atoms with Gasteiger partial charge in [0.25, 0.3) is 0 Å². The molecule has 0 saturated heterocycles. The predicted octanol–water partition coefficient (Wildman–Crippen LogP) is 6.35. The maximum absolute atomic E-state index is 10.8. The van der Waals surface area contributed by atoms with Gasteiger partial charge in [0.1, 0.15) is 0 Å². The highest BCUT2D eigenvalue weighted by Crippen LogP contribution is 2.24. The minimum atomic E-state index is -0.831. The minimum Gasteiger partial charge on any atom is -0.478 e. The molecule has 0 aromatic carbocycles. The minimum absolute atomic E-state index is 0.375. The summed E-state index contributed by atoms with van der Waals surface area (Å²) in [6.45, 7) is 8.14. The van der Waals surface area contributed by atoms with Gasteiger partial charge >= 0.3 is 5.97 Å². The van der Waals surface area contributed by atoms with E-state index in [0.717, 1.165) is 6.42 Å². The highest BCUT2D eigenvalue weighted by molar-refractivity contribution is 5.85. The fourth-order valence-electron chi connectivity index (χ4n) is 2.81. The van der Waals surface area contributed by atoms with E-state index >= 15 is 0 Å². The summed E-state index contributed by atoms with van der Waals surface area (Å²) in [5, 5.41) is 8.91. The van der Waals surface area contributed by atoms with E-state index in [4.69, 9.17) is 5.11 Å². The number of aliphatic carboxylic acids is 1. The van der Waals surface area contributed by atoms with Crippen molar-refractivity contribution in [3.05, 3.63) is 12.2 Å². The summed E-state index contributed by atoms with van der Waals surface area (Å²) in [6, 6.07) is 0. The van der Waals surface area contributed by atoms with Gasteiger partial charge in [-0.1, -0.05) is 91.1 Å². The summed E-state index contributed by atoms with van der Waals surface area (Å²) >= 11 is 0. The molecule has 0 heterocycles. The topological polar surface area (TPSA) is 37.3 Å². The number of carboxylic acids is 1. The van der Waals surface area contributed by atoms with Crippen molar-refractivity contribution in [2.75, 3.05) is 0 Å². The normalized spacial score (nSPS) is 12.3. The Labute approximate surface area is 132 Å². The summed E-state index contributed by atoms with van der Waals surface area (Å²) in [5.41, 5.74) is 0.375. The van der Waals surface area contributed by atoms with Crippen molar-refractivity contribution in [2.24, 2.45) is 5.92 Å². The predicted molar refractivity (Wildman–Crippen MR) is 91.6 cm³/mol. The molecule has 0 fully saturated rings. The van der Waals surface area contributed by atoms with Crippen LogP contribution in [0.2, 0.25) is 0 Å². The Morgan fingerprint density at radius 2 is 1.33 bits per heavy atom. The van der Waals surface area contributed by atoms with Gasteiger partial charge in [-0.3, -0.25) is 0 Å². The molecule has 1 unspecified atom stereocenters. The van der Waals surface area contributed by atoms with Crippen molar-refractivity contribution in [2.45, 2.75) is 97.3 Å². The van der Waals surface area contributed by atoms with Gasteiger partial charge in [0.05, 0.1) is 0 Å². The summed E-state index contributed by atoms with van der Waals surface area (Å²) < 4.78 is 0. The zero-order valence-corrected chi connectivity index (χ0v) is 14.3. The molecule has 0 radical (unpaired) electrons. The van der Waals surface area contributed by atoms with Crippen LogP contribution in [0.5, 0.6) is 0 Å². The van der Waals surface area contributed by atoms with E-state index in [9.17, 15) is 4.79 Å². The van der Waals surface area contributed by atoms with E-state index < -0.39 is 5.97 Å². The Balaban J connectivity index is 3.95. The smallest absolute Gasteiger partial charge is 0.330 e. The van der Waals surface area contributed by atoms with Crippen LogP contribution in [0.15, 0.2) is 12.2 Å². The average molecular weight is 296 g/mol.